The third-order valence-corrected chi connectivity index (χ3v) is 4.82. The first-order valence-corrected chi connectivity index (χ1v) is 7.26. The fourth-order valence-corrected chi connectivity index (χ4v) is 3.62. The monoisotopic (exact) mass is 351 g/mol. The number of hydrogen-bond acceptors (Lipinski definition) is 2. The van der Waals surface area contributed by atoms with Gasteiger partial charge in [0.25, 0.3) is 0 Å². The largest absolute Gasteiger partial charge is 0.235 e. The van der Waals surface area contributed by atoms with E-state index in [1.165, 1.54) is 19.4 Å². The molecule has 0 saturated heterocycles. The molecular formula is C14H10INS. The van der Waals surface area contributed by atoms with Gasteiger partial charge in [-0.3, -0.25) is 0 Å². The first-order valence-electron chi connectivity index (χ1n) is 5.37. The molecule has 0 spiro atoms. The summed E-state index contributed by atoms with van der Waals surface area (Å²) in [6.07, 6.45) is 0. The van der Waals surface area contributed by atoms with Crippen LogP contribution in [0.5, 0.6) is 0 Å². The van der Waals surface area contributed by atoms with Crippen molar-refractivity contribution >= 4 is 44.1 Å². The number of benzene rings is 2. The second kappa shape index (κ2) is 4.38. The van der Waals surface area contributed by atoms with Crippen molar-refractivity contribution in [3.05, 3.63) is 51.6 Å². The minimum Gasteiger partial charge on any atom is -0.235 e. The van der Waals surface area contributed by atoms with Gasteiger partial charge in [-0.15, -0.1) is 11.3 Å². The van der Waals surface area contributed by atoms with E-state index < -0.39 is 0 Å². The van der Waals surface area contributed by atoms with Crippen molar-refractivity contribution < 1.29 is 0 Å². The Labute approximate surface area is 118 Å². The molecule has 0 unspecified atom stereocenters. The molecule has 1 heterocycles. The van der Waals surface area contributed by atoms with E-state index >= 15 is 0 Å². The van der Waals surface area contributed by atoms with E-state index in [9.17, 15) is 0 Å². The molecule has 0 fully saturated rings. The molecule has 17 heavy (non-hydrogen) atoms. The van der Waals surface area contributed by atoms with E-state index in [2.05, 4.69) is 65.9 Å². The maximum atomic E-state index is 4.75. The van der Waals surface area contributed by atoms with Gasteiger partial charge in [-0.1, -0.05) is 36.4 Å². The lowest BCUT2D eigenvalue weighted by Crippen LogP contribution is -1.79. The Morgan fingerprint density at radius 2 is 1.82 bits per heavy atom. The molecule has 0 amide bonds. The summed E-state index contributed by atoms with van der Waals surface area (Å²) in [5.74, 6) is 0. The van der Waals surface area contributed by atoms with Gasteiger partial charge in [-0.25, -0.2) is 4.98 Å². The number of fused-ring (bicyclic) bond motifs is 1. The highest BCUT2D eigenvalue weighted by molar-refractivity contribution is 14.1. The van der Waals surface area contributed by atoms with Crippen LogP contribution in [0.15, 0.2) is 42.5 Å². The fraction of sp³-hybridized carbons (Fsp3) is 0.0714. The molecule has 3 heteroatoms. The number of thiazole rings is 1. The van der Waals surface area contributed by atoms with Crippen molar-refractivity contribution in [2.24, 2.45) is 0 Å². The second-order valence-corrected chi connectivity index (χ2v) is 6.09. The summed E-state index contributed by atoms with van der Waals surface area (Å²) in [5.41, 5.74) is 3.64. The van der Waals surface area contributed by atoms with E-state index in [1.54, 1.807) is 11.3 Å². The highest BCUT2D eigenvalue weighted by atomic mass is 127. The van der Waals surface area contributed by atoms with Gasteiger partial charge in [0.15, 0.2) is 0 Å². The van der Waals surface area contributed by atoms with Crippen molar-refractivity contribution in [3.63, 3.8) is 0 Å². The summed E-state index contributed by atoms with van der Waals surface area (Å²) >= 11 is 4.13. The minimum atomic E-state index is 1.10. The molecule has 0 aliphatic carbocycles. The molecule has 0 radical (unpaired) electrons. The molecule has 0 saturated carbocycles. The standard InChI is InChI=1S/C14H10INS/c1-9-7-8-11(15)12-13(9)17-14(16-12)10-5-3-2-4-6-10/h2-8H,1H3. The molecule has 1 nitrogen and oxygen atoms in total. The van der Waals surface area contributed by atoms with Crippen LogP contribution in [-0.4, -0.2) is 4.98 Å². The normalized spacial score (nSPS) is 10.9. The van der Waals surface area contributed by atoms with Gasteiger partial charge in [0.05, 0.1) is 10.2 Å². The molecule has 0 atom stereocenters. The summed E-state index contributed by atoms with van der Waals surface area (Å²) < 4.78 is 2.53. The fourth-order valence-electron chi connectivity index (χ4n) is 1.81. The number of nitrogens with zero attached hydrogens (tertiary/aromatic N) is 1. The predicted octanol–water partition coefficient (Wildman–Crippen LogP) is 4.88. The Morgan fingerprint density at radius 3 is 2.53 bits per heavy atom. The van der Waals surface area contributed by atoms with Crippen LogP contribution in [0.1, 0.15) is 5.56 Å². The highest BCUT2D eigenvalue weighted by Gasteiger charge is 2.10. The number of hydrogen-bond donors (Lipinski definition) is 0. The summed E-state index contributed by atoms with van der Waals surface area (Å²) in [7, 11) is 0. The third-order valence-electron chi connectivity index (χ3n) is 2.71. The van der Waals surface area contributed by atoms with Gasteiger partial charge in [-0.2, -0.15) is 0 Å². The molecule has 3 aromatic rings. The third kappa shape index (κ3) is 1.98. The SMILES string of the molecule is Cc1ccc(I)c2nc(-c3ccccc3)sc12. The number of rotatable bonds is 1. The molecular weight excluding hydrogens is 341 g/mol. The minimum absolute atomic E-state index is 1.10. The highest BCUT2D eigenvalue weighted by Crippen LogP contribution is 2.34. The molecule has 3 rings (SSSR count). The zero-order chi connectivity index (χ0) is 11.8. The Morgan fingerprint density at radius 1 is 1.06 bits per heavy atom. The van der Waals surface area contributed by atoms with Crippen molar-refractivity contribution in [1.82, 2.24) is 4.98 Å². The van der Waals surface area contributed by atoms with Gasteiger partial charge in [0.2, 0.25) is 0 Å². The summed E-state index contributed by atoms with van der Waals surface area (Å²) in [6, 6.07) is 14.7. The second-order valence-electron chi connectivity index (χ2n) is 3.93. The van der Waals surface area contributed by atoms with Gasteiger partial charge >= 0.3 is 0 Å². The molecule has 84 valence electrons. The van der Waals surface area contributed by atoms with Crippen LogP contribution >= 0.6 is 33.9 Å². The van der Waals surface area contributed by atoms with Crippen LogP contribution in [0.3, 0.4) is 0 Å². The summed E-state index contributed by atoms with van der Waals surface area (Å²) in [5, 5.41) is 1.10. The van der Waals surface area contributed by atoms with Crippen molar-refractivity contribution in [2.45, 2.75) is 6.92 Å². The van der Waals surface area contributed by atoms with Gasteiger partial charge in [0, 0.05) is 9.13 Å². The lowest BCUT2D eigenvalue weighted by Gasteiger charge is -1.94. The number of aromatic nitrogens is 1. The Kier molecular flexibility index (Phi) is 2.88. The smallest absolute Gasteiger partial charge is 0.124 e. The van der Waals surface area contributed by atoms with E-state index in [0.717, 1.165) is 10.5 Å². The van der Waals surface area contributed by atoms with Crippen molar-refractivity contribution in [2.75, 3.05) is 0 Å². The zero-order valence-corrected chi connectivity index (χ0v) is 12.2. The van der Waals surface area contributed by atoms with E-state index in [-0.39, 0.29) is 0 Å². The Hall–Kier alpha value is -0.940. The van der Waals surface area contributed by atoms with Crippen LogP contribution in [0.4, 0.5) is 0 Å². The number of halogens is 1. The van der Waals surface area contributed by atoms with Crippen LogP contribution in [0.25, 0.3) is 20.8 Å². The molecule has 0 aliphatic heterocycles. The summed E-state index contributed by atoms with van der Waals surface area (Å²) in [4.78, 5) is 4.75. The predicted molar refractivity (Wildman–Crippen MR) is 82.5 cm³/mol. The van der Waals surface area contributed by atoms with Gasteiger partial charge < -0.3 is 0 Å². The number of aryl methyl sites for hydroxylation is 1. The van der Waals surface area contributed by atoms with Gasteiger partial charge in [-0.05, 0) is 41.1 Å². The van der Waals surface area contributed by atoms with E-state index in [1.807, 2.05) is 6.07 Å². The summed E-state index contributed by atoms with van der Waals surface area (Å²) in [6.45, 7) is 2.14. The van der Waals surface area contributed by atoms with Crippen LogP contribution in [0.2, 0.25) is 0 Å². The lowest BCUT2D eigenvalue weighted by molar-refractivity contribution is 1.45. The molecule has 0 aliphatic rings. The Bertz CT molecular complexity index is 634. The molecule has 0 N–H and O–H groups in total. The van der Waals surface area contributed by atoms with Crippen LogP contribution < -0.4 is 0 Å². The molecule has 1 aromatic heterocycles. The maximum absolute atomic E-state index is 4.75. The lowest BCUT2D eigenvalue weighted by atomic mass is 10.2. The maximum Gasteiger partial charge on any atom is 0.124 e. The van der Waals surface area contributed by atoms with Crippen molar-refractivity contribution in [3.8, 4) is 10.6 Å². The average molecular weight is 351 g/mol. The quantitative estimate of drug-likeness (QED) is 0.570. The van der Waals surface area contributed by atoms with Gasteiger partial charge in [0.1, 0.15) is 5.01 Å². The molecule has 0 bridgehead atoms. The first-order chi connectivity index (χ1) is 8.25. The van der Waals surface area contributed by atoms with Crippen LogP contribution in [-0.2, 0) is 0 Å². The van der Waals surface area contributed by atoms with E-state index in [4.69, 9.17) is 4.98 Å². The average Bonchev–Trinajstić information content (AvgIpc) is 2.81. The van der Waals surface area contributed by atoms with Crippen molar-refractivity contribution in [1.29, 1.82) is 0 Å². The Balaban J connectivity index is 2.27. The van der Waals surface area contributed by atoms with Crippen LogP contribution in [0, 0.1) is 10.5 Å². The topological polar surface area (TPSA) is 12.9 Å². The first kappa shape index (κ1) is 11.2. The molecule has 2 aromatic carbocycles. The van der Waals surface area contributed by atoms with E-state index in [0.29, 0.717) is 0 Å². The zero-order valence-electron chi connectivity index (χ0n) is 9.27.